The fraction of sp³-hybridized carbons (Fsp3) is 0. The Bertz CT molecular complexity index is 910. The molecule has 0 fully saturated rings. The van der Waals surface area contributed by atoms with Gasteiger partial charge < -0.3 is 0 Å². The Hall–Kier alpha value is -2.81. The third-order valence-corrected chi connectivity index (χ3v) is 3.31. The lowest BCUT2D eigenvalue weighted by Gasteiger charge is -2.06. The Morgan fingerprint density at radius 3 is 2.60 bits per heavy atom. The van der Waals surface area contributed by atoms with Crippen LogP contribution >= 0.6 is 0 Å². The van der Waals surface area contributed by atoms with Crippen LogP contribution in [0.4, 0.5) is 0 Å². The summed E-state index contributed by atoms with van der Waals surface area (Å²) >= 11 is 0. The summed E-state index contributed by atoms with van der Waals surface area (Å²) in [6.07, 6.45) is 3.49. The number of nitrogens with zero attached hydrogens (tertiary/aromatic N) is 3. The van der Waals surface area contributed by atoms with Gasteiger partial charge in [-0.05, 0) is 24.3 Å². The van der Waals surface area contributed by atoms with Crippen LogP contribution in [0.5, 0.6) is 0 Å². The molecule has 2 heterocycles. The highest BCUT2D eigenvalue weighted by Gasteiger charge is 2.06. The number of fused-ring (bicyclic) bond motifs is 2. The summed E-state index contributed by atoms with van der Waals surface area (Å²) in [5, 5.41) is 1.04. The van der Waals surface area contributed by atoms with Crippen LogP contribution in [0.2, 0.25) is 0 Å². The fourth-order valence-electron chi connectivity index (χ4n) is 2.36. The number of para-hydroxylation sites is 2. The number of hydrogen-bond donors (Lipinski definition) is 0. The van der Waals surface area contributed by atoms with Crippen molar-refractivity contribution in [3.05, 3.63) is 67.0 Å². The van der Waals surface area contributed by atoms with Gasteiger partial charge in [-0.1, -0.05) is 24.3 Å². The maximum atomic E-state index is 4.69. The van der Waals surface area contributed by atoms with Gasteiger partial charge in [0.05, 0.1) is 28.4 Å². The summed E-state index contributed by atoms with van der Waals surface area (Å²) in [6.45, 7) is 0. The van der Waals surface area contributed by atoms with Crippen LogP contribution in [0.1, 0.15) is 0 Å². The quantitative estimate of drug-likeness (QED) is 0.522. The highest BCUT2D eigenvalue weighted by atomic mass is 14.8. The van der Waals surface area contributed by atoms with Crippen molar-refractivity contribution in [3.63, 3.8) is 0 Å². The first-order chi connectivity index (χ1) is 9.92. The van der Waals surface area contributed by atoms with Crippen molar-refractivity contribution in [1.29, 1.82) is 0 Å². The van der Waals surface area contributed by atoms with Crippen LogP contribution < -0.4 is 0 Å². The first-order valence-electron chi connectivity index (χ1n) is 6.39. The van der Waals surface area contributed by atoms with Crippen molar-refractivity contribution < 1.29 is 0 Å². The molecule has 0 saturated carbocycles. The molecule has 4 rings (SSSR count). The molecule has 20 heavy (non-hydrogen) atoms. The minimum absolute atomic E-state index is 0.857. The van der Waals surface area contributed by atoms with E-state index in [4.69, 9.17) is 4.98 Å². The molecule has 4 aromatic rings. The van der Waals surface area contributed by atoms with Gasteiger partial charge in [-0.15, -0.1) is 0 Å². The zero-order chi connectivity index (χ0) is 13.4. The lowest BCUT2D eigenvalue weighted by Crippen LogP contribution is -1.90. The lowest BCUT2D eigenvalue weighted by atomic mass is 10.1. The molecular formula is C17H10N3. The molecule has 0 atom stereocenters. The summed E-state index contributed by atoms with van der Waals surface area (Å²) in [5.74, 6) is 0. The van der Waals surface area contributed by atoms with Crippen molar-refractivity contribution in [2.75, 3.05) is 0 Å². The molecule has 93 valence electrons. The fourth-order valence-corrected chi connectivity index (χ4v) is 2.36. The zero-order valence-electron chi connectivity index (χ0n) is 10.6. The second-order valence-corrected chi connectivity index (χ2v) is 4.55. The van der Waals surface area contributed by atoms with Gasteiger partial charge in [0.15, 0.2) is 0 Å². The molecule has 0 spiro atoms. The third-order valence-electron chi connectivity index (χ3n) is 3.31. The van der Waals surface area contributed by atoms with Gasteiger partial charge in [0.2, 0.25) is 0 Å². The van der Waals surface area contributed by atoms with Gasteiger partial charge in [0.25, 0.3) is 0 Å². The molecule has 0 aliphatic rings. The summed E-state index contributed by atoms with van der Waals surface area (Å²) in [7, 11) is 0. The number of aromatic nitrogens is 3. The maximum Gasteiger partial charge on any atom is 0.0899 e. The van der Waals surface area contributed by atoms with Crippen LogP contribution in [-0.2, 0) is 0 Å². The van der Waals surface area contributed by atoms with Crippen molar-refractivity contribution in [3.8, 4) is 11.3 Å². The molecule has 1 radical (unpaired) electrons. The normalized spacial score (nSPS) is 11.0. The number of rotatable bonds is 1. The van der Waals surface area contributed by atoms with Gasteiger partial charge >= 0.3 is 0 Å². The Morgan fingerprint density at radius 1 is 0.800 bits per heavy atom. The summed E-state index contributed by atoms with van der Waals surface area (Å²) in [4.78, 5) is 13.5. The lowest BCUT2D eigenvalue weighted by molar-refractivity contribution is 1.29. The Kier molecular flexibility index (Phi) is 2.42. The first-order valence-corrected chi connectivity index (χ1v) is 6.39. The van der Waals surface area contributed by atoms with E-state index in [9.17, 15) is 0 Å². The zero-order valence-corrected chi connectivity index (χ0v) is 10.6. The Balaban J connectivity index is 2.01. The molecule has 0 N–H and O–H groups in total. The Morgan fingerprint density at radius 2 is 1.65 bits per heavy atom. The molecule has 0 aliphatic heterocycles. The number of benzene rings is 2. The molecule has 3 nitrogen and oxygen atoms in total. The average molecular weight is 256 g/mol. The van der Waals surface area contributed by atoms with E-state index < -0.39 is 0 Å². The van der Waals surface area contributed by atoms with Crippen molar-refractivity contribution in [2.24, 2.45) is 0 Å². The highest BCUT2D eigenvalue weighted by molar-refractivity contribution is 5.94. The summed E-state index contributed by atoms with van der Waals surface area (Å²) in [5.41, 5.74) is 4.63. The molecule has 2 aromatic heterocycles. The van der Waals surface area contributed by atoms with Crippen LogP contribution in [0.15, 0.2) is 60.9 Å². The Labute approximate surface area is 116 Å². The predicted octanol–water partition coefficient (Wildman–Crippen LogP) is 3.65. The molecule has 0 bridgehead atoms. The minimum atomic E-state index is 0.857. The number of pyridine rings is 1. The van der Waals surface area contributed by atoms with Crippen molar-refractivity contribution in [1.82, 2.24) is 15.0 Å². The predicted molar refractivity (Wildman–Crippen MR) is 79.1 cm³/mol. The molecule has 0 aliphatic carbocycles. The van der Waals surface area contributed by atoms with Gasteiger partial charge in [-0.2, -0.15) is 0 Å². The third kappa shape index (κ3) is 1.72. The molecule has 0 unspecified atom stereocenters. The van der Waals surface area contributed by atoms with Crippen LogP contribution in [0.3, 0.4) is 0 Å². The molecule has 0 amide bonds. The smallest absolute Gasteiger partial charge is 0.0899 e. The maximum absolute atomic E-state index is 4.69. The van der Waals surface area contributed by atoms with Gasteiger partial charge in [0, 0.05) is 23.2 Å². The highest BCUT2D eigenvalue weighted by Crippen LogP contribution is 2.26. The second kappa shape index (κ2) is 4.38. The van der Waals surface area contributed by atoms with E-state index in [-0.39, 0.29) is 0 Å². The molecule has 2 aromatic carbocycles. The van der Waals surface area contributed by atoms with Gasteiger partial charge in [0.1, 0.15) is 0 Å². The van der Waals surface area contributed by atoms with E-state index in [2.05, 4.69) is 16.0 Å². The molecule has 3 heteroatoms. The van der Waals surface area contributed by atoms with E-state index in [1.807, 2.05) is 54.7 Å². The van der Waals surface area contributed by atoms with Crippen LogP contribution in [0, 0.1) is 6.07 Å². The summed E-state index contributed by atoms with van der Waals surface area (Å²) < 4.78 is 0. The molecular weight excluding hydrogens is 246 g/mol. The SMILES string of the molecule is [c]1cnc2cccc(-c3cnc4ccccc4n3)c2c1. The van der Waals surface area contributed by atoms with Crippen molar-refractivity contribution in [2.45, 2.75) is 0 Å². The van der Waals surface area contributed by atoms with E-state index in [0.29, 0.717) is 0 Å². The monoisotopic (exact) mass is 256 g/mol. The topological polar surface area (TPSA) is 38.7 Å². The van der Waals surface area contributed by atoms with E-state index in [1.165, 1.54) is 0 Å². The van der Waals surface area contributed by atoms with Gasteiger partial charge in [-0.3, -0.25) is 9.97 Å². The minimum Gasteiger partial charge on any atom is -0.256 e. The molecule has 0 saturated heterocycles. The van der Waals surface area contributed by atoms with E-state index in [1.54, 1.807) is 6.20 Å². The van der Waals surface area contributed by atoms with Crippen LogP contribution in [-0.4, -0.2) is 15.0 Å². The first kappa shape index (κ1) is 11.1. The second-order valence-electron chi connectivity index (χ2n) is 4.55. The van der Waals surface area contributed by atoms with E-state index >= 15 is 0 Å². The van der Waals surface area contributed by atoms with Crippen molar-refractivity contribution >= 4 is 21.9 Å². The van der Waals surface area contributed by atoms with Crippen LogP contribution in [0.25, 0.3) is 33.2 Å². The van der Waals surface area contributed by atoms with E-state index in [0.717, 1.165) is 33.2 Å². The average Bonchev–Trinajstić information content (AvgIpc) is 2.54. The largest absolute Gasteiger partial charge is 0.256 e. The number of hydrogen-bond acceptors (Lipinski definition) is 3. The summed E-state index contributed by atoms with van der Waals surface area (Å²) in [6, 6.07) is 18.8. The standard InChI is InChI=1S/C17H10N3/c1-2-8-16-15(7-1)19-11-17(20-16)13-5-3-9-14-12(13)6-4-10-18-14/h1-3,5-11H. The van der Waals surface area contributed by atoms with Gasteiger partial charge in [-0.25, -0.2) is 4.98 Å².